The summed E-state index contributed by atoms with van der Waals surface area (Å²) < 4.78 is 0. The van der Waals surface area contributed by atoms with Crippen molar-refractivity contribution >= 4 is 0 Å². The lowest BCUT2D eigenvalue weighted by molar-refractivity contribution is 0.305. The van der Waals surface area contributed by atoms with Gasteiger partial charge in [-0.15, -0.1) is 0 Å². The SMILES string of the molecule is CC(Cc1ccccc1)NC(C)C1CC2C=CC1C2. The van der Waals surface area contributed by atoms with Gasteiger partial charge in [0.2, 0.25) is 0 Å². The van der Waals surface area contributed by atoms with Crippen LogP contribution in [-0.2, 0) is 6.42 Å². The lowest BCUT2D eigenvalue weighted by Gasteiger charge is -2.29. The van der Waals surface area contributed by atoms with E-state index in [1.54, 1.807) is 0 Å². The molecule has 2 bridgehead atoms. The molecule has 1 fully saturated rings. The van der Waals surface area contributed by atoms with E-state index in [0.29, 0.717) is 12.1 Å². The lowest BCUT2D eigenvalue weighted by Crippen LogP contribution is -2.41. The summed E-state index contributed by atoms with van der Waals surface area (Å²) in [4.78, 5) is 0. The molecule has 1 aromatic rings. The Balaban J connectivity index is 1.52. The Bertz CT molecular complexity index is 436. The van der Waals surface area contributed by atoms with Crippen LogP contribution in [0, 0.1) is 17.8 Å². The number of fused-ring (bicyclic) bond motifs is 2. The largest absolute Gasteiger partial charge is 0.311 e. The molecule has 1 saturated carbocycles. The molecule has 3 rings (SSSR count). The van der Waals surface area contributed by atoms with E-state index in [0.717, 1.165) is 24.2 Å². The average Bonchev–Trinajstić information content (AvgIpc) is 3.02. The van der Waals surface area contributed by atoms with Gasteiger partial charge in [-0.05, 0) is 56.4 Å². The minimum absolute atomic E-state index is 0.556. The second-order valence-corrected chi connectivity index (χ2v) is 6.49. The fraction of sp³-hybridized carbons (Fsp3) is 0.556. The number of nitrogens with one attached hydrogen (secondary N) is 1. The van der Waals surface area contributed by atoms with Crippen molar-refractivity contribution in [3.8, 4) is 0 Å². The third kappa shape index (κ3) is 2.92. The maximum atomic E-state index is 3.82. The van der Waals surface area contributed by atoms with Crippen LogP contribution in [0.3, 0.4) is 0 Å². The Hall–Kier alpha value is -1.08. The van der Waals surface area contributed by atoms with Crippen LogP contribution in [0.15, 0.2) is 42.5 Å². The fourth-order valence-electron chi connectivity index (χ4n) is 4.00. The first-order chi connectivity index (χ1) is 9.22. The van der Waals surface area contributed by atoms with Gasteiger partial charge in [0.15, 0.2) is 0 Å². The highest BCUT2D eigenvalue weighted by Gasteiger charge is 2.38. The molecule has 1 heteroatoms. The second kappa shape index (κ2) is 5.50. The molecule has 19 heavy (non-hydrogen) atoms. The van der Waals surface area contributed by atoms with Crippen molar-refractivity contribution < 1.29 is 0 Å². The fourth-order valence-corrected chi connectivity index (χ4v) is 4.00. The standard InChI is InChI=1S/C18H25N/c1-13(10-15-6-4-3-5-7-15)19-14(2)18-12-16-8-9-17(18)11-16/h3-9,13-14,16-19H,10-12H2,1-2H3. The van der Waals surface area contributed by atoms with E-state index in [1.165, 1.54) is 18.4 Å². The van der Waals surface area contributed by atoms with E-state index in [9.17, 15) is 0 Å². The third-order valence-electron chi connectivity index (χ3n) is 4.90. The zero-order valence-corrected chi connectivity index (χ0v) is 12.0. The van der Waals surface area contributed by atoms with Gasteiger partial charge in [-0.25, -0.2) is 0 Å². The molecular weight excluding hydrogens is 230 g/mol. The predicted molar refractivity (Wildman–Crippen MR) is 81.0 cm³/mol. The first-order valence-electron chi connectivity index (χ1n) is 7.70. The summed E-state index contributed by atoms with van der Waals surface area (Å²) in [5.41, 5.74) is 1.43. The maximum absolute atomic E-state index is 3.82. The van der Waals surface area contributed by atoms with Crippen molar-refractivity contribution in [2.24, 2.45) is 17.8 Å². The van der Waals surface area contributed by atoms with E-state index in [1.807, 2.05) is 0 Å². The highest BCUT2D eigenvalue weighted by Crippen LogP contribution is 2.44. The Morgan fingerprint density at radius 2 is 1.89 bits per heavy atom. The predicted octanol–water partition coefficient (Wildman–Crippen LogP) is 3.81. The first kappa shape index (κ1) is 12.9. The molecule has 0 radical (unpaired) electrons. The summed E-state index contributed by atoms with van der Waals surface area (Å²) >= 11 is 0. The van der Waals surface area contributed by atoms with Gasteiger partial charge in [0, 0.05) is 12.1 Å². The molecule has 1 aromatic carbocycles. The van der Waals surface area contributed by atoms with Gasteiger partial charge in [-0.3, -0.25) is 0 Å². The molecule has 0 amide bonds. The number of rotatable bonds is 5. The molecular formula is C18H25N. The van der Waals surface area contributed by atoms with Crippen LogP contribution in [0.5, 0.6) is 0 Å². The van der Waals surface area contributed by atoms with E-state index in [-0.39, 0.29) is 0 Å². The normalized spacial score (nSPS) is 31.6. The molecule has 0 spiro atoms. The van der Waals surface area contributed by atoms with Crippen LogP contribution in [0.1, 0.15) is 32.3 Å². The van der Waals surface area contributed by atoms with E-state index >= 15 is 0 Å². The van der Waals surface area contributed by atoms with Crippen molar-refractivity contribution in [2.45, 2.75) is 45.2 Å². The lowest BCUT2D eigenvalue weighted by atomic mass is 9.87. The Morgan fingerprint density at radius 1 is 1.11 bits per heavy atom. The minimum Gasteiger partial charge on any atom is -0.311 e. The molecule has 5 unspecified atom stereocenters. The van der Waals surface area contributed by atoms with Crippen LogP contribution >= 0.6 is 0 Å². The topological polar surface area (TPSA) is 12.0 Å². The van der Waals surface area contributed by atoms with Gasteiger partial charge >= 0.3 is 0 Å². The summed E-state index contributed by atoms with van der Waals surface area (Å²) in [5, 5.41) is 3.82. The average molecular weight is 255 g/mol. The Kier molecular flexibility index (Phi) is 3.74. The summed E-state index contributed by atoms with van der Waals surface area (Å²) in [5.74, 6) is 2.58. The quantitative estimate of drug-likeness (QED) is 0.789. The zero-order valence-electron chi connectivity index (χ0n) is 12.0. The van der Waals surface area contributed by atoms with Crippen LogP contribution in [0.25, 0.3) is 0 Å². The molecule has 2 aliphatic carbocycles. The van der Waals surface area contributed by atoms with Gasteiger partial charge in [0.25, 0.3) is 0 Å². The molecule has 0 heterocycles. The highest BCUT2D eigenvalue weighted by molar-refractivity contribution is 5.16. The van der Waals surface area contributed by atoms with Gasteiger partial charge < -0.3 is 5.32 Å². The first-order valence-corrected chi connectivity index (χ1v) is 7.70. The van der Waals surface area contributed by atoms with E-state index < -0.39 is 0 Å². The molecule has 0 aliphatic heterocycles. The Morgan fingerprint density at radius 3 is 2.53 bits per heavy atom. The zero-order chi connectivity index (χ0) is 13.2. The summed E-state index contributed by atoms with van der Waals surface area (Å²) in [6, 6.07) is 12.0. The van der Waals surface area contributed by atoms with Crippen LogP contribution in [0.4, 0.5) is 0 Å². The van der Waals surface area contributed by atoms with Gasteiger partial charge in [0.1, 0.15) is 0 Å². The summed E-state index contributed by atoms with van der Waals surface area (Å²) in [6.07, 6.45) is 8.82. The molecule has 5 atom stereocenters. The molecule has 0 aromatic heterocycles. The van der Waals surface area contributed by atoms with Crippen molar-refractivity contribution in [1.82, 2.24) is 5.32 Å². The molecule has 1 N–H and O–H groups in total. The smallest absolute Gasteiger partial charge is 0.00817 e. The van der Waals surface area contributed by atoms with Crippen molar-refractivity contribution in [3.63, 3.8) is 0 Å². The number of hydrogen-bond donors (Lipinski definition) is 1. The van der Waals surface area contributed by atoms with Crippen LogP contribution in [-0.4, -0.2) is 12.1 Å². The third-order valence-corrected chi connectivity index (χ3v) is 4.90. The summed E-state index contributed by atoms with van der Waals surface area (Å²) in [6.45, 7) is 4.69. The van der Waals surface area contributed by atoms with Gasteiger partial charge in [0.05, 0.1) is 0 Å². The molecule has 2 aliphatic rings. The minimum atomic E-state index is 0.556. The maximum Gasteiger partial charge on any atom is 0.00817 e. The van der Waals surface area contributed by atoms with Crippen LogP contribution in [0.2, 0.25) is 0 Å². The van der Waals surface area contributed by atoms with E-state index in [2.05, 4.69) is 61.6 Å². The van der Waals surface area contributed by atoms with Crippen LogP contribution < -0.4 is 5.32 Å². The number of benzene rings is 1. The van der Waals surface area contributed by atoms with E-state index in [4.69, 9.17) is 0 Å². The van der Waals surface area contributed by atoms with Crippen molar-refractivity contribution in [2.75, 3.05) is 0 Å². The highest BCUT2D eigenvalue weighted by atomic mass is 14.9. The summed E-state index contributed by atoms with van der Waals surface area (Å²) in [7, 11) is 0. The van der Waals surface area contributed by atoms with Crippen molar-refractivity contribution in [1.29, 1.82) is 0 Å². The molecule has 0 saturated heterocycles. The molecule has 1 nitrogen and oxygen atoms in total. The van der Waals surface area contributed by atoms with Gasteiger partial charge in [-0.1, -0.05) is 42.5 Å². The molecule has 102 valence electrons. The number of allylic oxidation sites excluding steroid dienone is 2. The number of hydrogen-bond acceptors (Lipinski definition) is 1. The monoisotopic (exact) mass is 255 g/mol. The van der Waals surface area contributed by atoms with Crippen molar-refractivity contribution in [3.05, 3.63) is 48.0 Å². The Labute approximate surface area is 117 Å². The van der Waals surface area contributed by atoms with Gasteiger partial charge in [-0.2, -0.15) is 0 Å². The second-order valence-electron chi connectivity index (χ2n) is 6.49.